The number of anilines is 5. The highest BCUT2D eigenvalue weighted by atomic mass is 32.2. The molecule has 14 heteroatoms. The molecule has 3 aromatic carbocycles. The van der Waals surface area contributed by atoms with E-state index in [-0.39, 0.29) is 22.7 Å². The van der Waals surface area contributed by atoms with E-state index in [9.17, 15) is 18.0 Å². The third-order valence-electron chi connectivity index (χ3n) is 9.29. The molecule has 270 valence electrons. The number of nitrogens with one attached hydrogen (secondary N) is 3. The molecule has 2 fully saturated rings. The van der Waals surface area contributed by atoms with Gasteiger partial charge in [0.05, 0.1) is 38.0 Å². The number of benzene rings is 3. The lowest BCUT2D eigenvalue weighted by molar-refractivity contribution is -0.112. The fraction of sp³-hybridized carbons (Fsp3) is 0.405. The standard InChI is InChI=1S/C37H45N7O6S/c1-37(2,3)24-22-30(34(49-4)31(23-24)42-51(5,47)48)40-35(46)33(45)28-10-11-29(27-9-7-6-8-26(27)28)39-32-12-15-38-36(41-32)44-16-13-25(14-17-44)43-18-20-50-21-19-43/h6-12,15,22-23,25,42H,13-14,16-21H2,1-5H3,(H,40,46)(H,38,39,41). The number of ether oxygens (including phenoxy) is 2. The number of amides is 1. The maximum Gasteiger partial charge on any atom is 0.296 e. The third-order valence-corrected chi connectivity index (χ3v) is 9.88. The monoisotopic (exact) mass is 715 g/mol. The number of carbonyl (C=O) groups excluding carboxylic acids is 2. The number of fused-ring (bicyclic) bond motifs is 1. The quantitative estimate of drug-likeness (QED) is 0.147. The number of aromatic nitrogens is 2. The van der Waals surface area contributed by atoms with E-state index in [1.807, 2.05) is 39.0 Å². The van der Waals surface area contributed by atoms with Gasteiger partial charge in [0.25, 0.3) is 11.7 Å². The van der Waals surface area contributed by atoms with E-state index in [1.165, 1.54) is 7.11 Å². The van der Waals surface area contributed by atoms with E-state index in [1.54, 1.807) is 42.6 Å². The molecule has 2 saturated heterocycles. The Morgan fingerprint density at radius 1 is 0.922 bits per heavy atom. The molecular weight excluding hydrogens is 671 g/mol. The van der Waals surface area contributed by atoms with Crippen LogP contribution in [-0.4, -0.2) is 93.8 Å². The number of Topliss-reactive ketones (excluding diaryl/α,β-unsaturated/α-hetero) is 1. The SMILES string of the molecule is COc1c(NC(=O)C(=O)c2ccc(Nc3ccnc(N4CCC(N5CCOCC5)CC4)n3)c3ccccc23)cc(C(C)(C)C)cc1NS(C)(=O)=O. The van der Waals surface area contributed by atoms with Crippen molar-refractivity contribution in [3.8, 4) is 5.75 Å². The maximum atomic E-state index is 13.8. The second kappa shape index (κ2) is 14.8. The van der Waals surface area contributed by atoms with Crippen molar-refractivity contribution in [1.82, 2.24) is 14.9 Å². The van der Waals surface area contributed by atoms with Gasteiger partial charge >= 0.3 is 0 Å². The molecule has 6 rings (SSSR count). The molecule has 0 spiro atoms. The number of hydrogen-bond acceptors (Lipinski definition) is 11. The zero-order valence-electron chi connectivity index (χ0n) is 29.7. The number of methoxy groups -OCH3 is 1. The predicted molar refractivity (Wildman–Crippen MR) is 200 cm³/mol. The summed E-state index contributed by atoms with van der Waals surface area (Å²) in [4.78, 5) is 41.4. The number of nitrogens with zero attached hydrogens (tertiary/aromatic N) is 4. The molecule has 2 aliphatic rings. The van der Waals surface area contributed by atoms with Gasteiger partial charge in [-0.3, -0.25) is 19.2 Å². The van der Waals surface area contributed by atoms with Crippen molar-refractivity contribution < 1.29 is 27.5 Å². The lowest BCUT2D eigenvalue weighted by atomic mass is 9.86. The summed E-state index contributed by atoms with van der Waals surface area (Å²) in [6.45, 7) is 11.2. The number of piperidine rings is 1. The Morgan fingerprint density at radius 2 is 1.61 bits per heavy atom. The average Bonchev–Trinajstić information content (AvgIpc) is 3.11. The minimum Gasteiger partial charge on any atom is -0.492 e. The number of hydrogen-bond donors (Lipinski definition) is 3. The zero-order chi connectivity index (χ0) is 36.3. The lowest BCUT2D eigenvalue weighted by Crippen LogP contribution is -2.49. The molecule has 13 nitrogen and oxygen atoms in total. The molecule has 3 N–H and O–H groups in total. The molecule has 0 atom stereocenters. The Kier molecular flexibility index (Phi) is 10.5. The van der Waals surface area contributed by atoms with Gasteiger partial charge in [0.15, 0.2) is 5.75 Å². The number of rotatable bonds is 10. The van der Waals surface area contributed by atoms with Gasteiger partial charge in [-0.1, -0.05) is 45.0 Å². The van der Waals surface area contributed by atoms with Gasteiger partial charge in [0.1, 0.15) is 5.82 Å². The van der Waals surface area contributed by atoms with E-state index >= 15 is 0 Å². The van der Waals surface area contributed by atoms with Crippen molar-refractivity contribution in [2.75, 3.05) is 73.0 Å². The van der Waals surface area contributed by atoms with Crippen LogP contribution in [0.1, 0.15) is 49.5 Å². The van der Waals surface area contributed by atoms with E-state index < -0.39 is 27.1 Å². The lowest BCUT2D eigenvalue weighted by Gasteiger charge is -2.40. The molecule has 0 unspecified atom stereocenters. The Morgan fingerprint density at radius 3 is 2.27 bits per heavy atom. The van der Waals surface area contributed by atoms with E-state index in [2.05, 4.69) is 30.1 Å². The van der Waals surface area contributed by atoms with Crippen LogP contribution in [0.25, 0.3) is 10.8 Å². The van der Waals surface area contributed by atoms with Crippen molar-refractivity contribution >= 4 is 61.3 Å². The molecule has 0 bridgehead atoms. The van der Waals surface area contributed by atoms with Crippen molar-refractivity contribution in [3.05, 3.63) is 71.9 Å². The Balaban J connectivity index is 1.21. The van der Waals surface area contributed by atoms with E-state index in [4.69, 9.17) is 14.5 Å². The van der Waals surface area contributed by atoms with Gasteiger partial charge in [0.2, 0.25) is 16.0 Å². The van der Waals surface area contributed by atoms with Crippen LogP contribution in [0.2, 0.25) is 0 Å². The summed E-state index contributed by atoms with van der Waals surface area (Å²) in [6.07, 6.45) is 4.86. The summed E-state index contributed by atoms with van der Waals surface area (Å²) >= 11 is 0. The maximum absolute atomic E-state index is 13.8. The van der Waals surface area contributed by atoms with Crippen LogP contribution in [0.5, 0.6) is 5.75 Å². The van der Waals surface area contributed by atoms with Crippen LogP contribution in [0.15, 0.2) is 60.8 Å². The van der Waals surface area contributed by atoms with Gasteiger partial charge in [-0.05, 0) is 59.5 Å². The summed E-state index contributed by atoms with van der Waals surface area (Å²) < 4.78 is 37.8. The van der Waals surface area contributed by atoms with Crippen molar-refractivity contribution in [3.63, 3.8) is 0 Å². The van der Waals surface area contributed by atoms with Gasteiger partial charge in [-0.2, -0.15) is 4.98 Å². The second-order valence-electron chi connectivity index (χ2n) is 14.0. The van der Waals surface area contributed by atoms with Crippen LogP contribution in [0.4, 0.5) is 28.8 Å². The van der Waals surface area contributed by atoms with Gasteiger partial charge < -0.3 is 25.0 Å². The summed E-state index contributed by atoms with van der Waals surface area (Å²) in [5.41, 5.74) is 1.56. The summed E-state index contributed by atoms with van der Waals surface area (Å²) in [5, 5.41) is 7.39. The van der Waals surface area contributed by atoms with Crippen LogP contribution < -0.4 is 25.0 Å². The molecule has 4 aromatic rings. The van der Waals surface area contributed by atoms with Crippen LogP contribution in [-0.2, 0) is 25.0 Å². The van der Waals surface area contributed by atoms with Crippen molar-refractivity contribution in [2.45, 2.75) is 45.1 Å². The smallest absolute Gasteiger partial charge is 0.296 e. The minimum atomic E-state index is -3.67. The summed E-state index contributed by atoms with van der Waals surface area (Å²) in [6, 6.07) is 16.4. The predicted octanol–water partition coefficient (Wildman–Crippen LogP) is 5.17. The number of sulfonamides is 1. The first-order valence-corrected chi connectivity index (χ1v) is 18.9. The first-order chi connectivity index (χ1) is 24.3. The average molecular weight is 716 g/mol. The highest BCUT2D eigenvalue weighted by Crippen LogP contribution is 2.39. The third kappa shape index (κ3) is 8.41. The Labute approximate surface area is 298 Å². The molecule has 1 aromatic heterocycles. The first kappa shape index (κ1) is 36.0. The normalized spacial score (nSPS) is 16.1. The summed E-state index contributed by atoms with van der Waals surface area (Å²) in [5.74, 6) is -0.294. The van der Waals surface area contributed by atoms with Gasteiger partial charge in [-0.15, -0.1) is 0 Å². The largest absolute Gasteiger partial charge is 0.492 e. The molecule has 51 heavy (non-hydrogen) atoms. The highest BCUT2D eigenvalue weighted by Gasteiger charge is 2.28. The molecule has 2 aliphatic heterocycles. The molecule has 1 amide bonds. The minimum absolute atomic E-state index is 0.0877. The second-order valence-corrected chi connectivity index (χ2v) is 15.7. The highest BCUT2D eigenvalue weighted by molar-refractivity contribution is 7.92. The Bertz CT molecular complexity index is 2040. The molecule has 0 aliphatic carbocycles. The van der Waals surface area contributed by atoms with Crippen molar-refractivity contribution in [2.24, 2.45) is 0 Å². The molecule has 3 heterocycles. The first-order valence-electron chi connectivity index (χ1n) is 17.1. The summed E-state index contributed by atoms with van der Waals surface area (Å²) in [7, 11) is -2.31. The topological polar surface area (TPSA) is 155 Å². The van der Waals surface area contributed by atoms with Gasteiger partial charge in [-0.25, -0.2) is 13.4 Å². The van der Waals surface area contributed by atoms with Crippen molar-refractivity contribution in [1.29, 1.82) is 0 Å². The Hall–Kier alpha value is -4.79. The molecule has 0 saturated carbocycles. The zero-order valence-corrected chi connectivity index (χ0v) is 30.5. The van der Waals surface area contributed by atoms with E-state index in [0.717, 1.165) is 69.4 Å². The van der Waals surface area contributed by atoms with Crippen LogP contribution >= 0.6 is 0 Å². The fourth-order valence-corrected chi connectivity index (χ4v) is 7.19. The molecular formula is C37H45N7O6S. The fourth-order valence-electron chi connectivity index (χ4n) is 6.64. The van der Waals surface area contributed by atoms with Gasteiger partial charge in [0, 0.05) is 55.1 Å². The number of morpholine rings is 1. The van der Waals surface area contributed by atoms with E-state index in [0.29, 0.717) is 28.9 Å². The number of ketones is 1. The number of carbonyl (C=O) groups is 2. The molecule has 0 radical (unpaired) electrons. The van der Waals surface area contributed by atoms with Crippen LogP contribution in [0, 0.1) is 0 Å². The van der Waals surface area contributed by atoms with Crippen LogP contribution in [0.3, 0.4) is 0 Å².